The first-order valence-electron chi connectivity index (χ1n) is 14.5. The van der Waals surface area contributed by atoms with Crippen molar-refractivity contribution in [3.63, 3.8) is 0 Å². The molecule has 0 bridgehead atoms. The zero-order chi connectivity index (χ0) is 27.6. The Morgan fingerprint density at radius 2 is 1.00 bits per heavy atom. The van der Waals surface area contributed by atoms with Gasteiger partial charge in [-0.3, -0.25) is 4.98 Å². The van der Waals surface area contributed by atoms with Gasteiger partial charge in [-0.15, -0.1) is 0 Å². The van der Waals surface area contributed by atoms with Crippen molar-refractivity contribution in [1.82, 2.24) is 4.98 Å². The molecule has 1 heteroatoms. The van der Waals surface area contributed by atoms with Crippen molar-refractivity contribution < 1.29 is 0 Å². The van der Waals surface area contributed by atoms with Crippen LogP contribution in [0.3, 0.4) is 0 Å². The van der Waals surface area contributed by atoms with E-state index in [1.165, 1.54) is 88.0 Å². The van der Waals surface area contributed by atoms with Crippen LogP contribution in [0.5, 0.6) is 0 Å². The van der Waals surface area contributed by atoms with Crippen molar-refractivity contribution in [3.05, 3.63) is 152 Å². The predicted octanol–water partition coefficient (Wildman–Crippen LogP) is 11.2. The number of benzene rings is 7. The Bertz CT molecular complexity index is 2240. The normalized spacial score (nSPS) is 11.8. The Hall–Kier alpha value is -5.53. The van der Waals surface area contributed by atoms with E-state index in [2.05, 4.69) is 145 Å². The van der Waals surface area contributed by atoms with Gasteiger partial charge in [0.25, 0.3) is 0 Å². The summed E-state index contributed by atoms with van der Waals surface area (Å²) in [6.07, 6.45) is 3.98. The number of hydrogen-bond acceptors (Lipinski definition) is 1. The predicted molar refractivity (Wildman–Crippen MR) is 177 cm³/mol. The first-order valence-corrected chi connectivity index (χ1v) is 14.5. The topological polar surface area (TPSA) is 12.9 Å². The minimum atomic E-state index is 1.18. The second kappa shape index (κ2) is 8.99. The average molecular weight is 532 g/mol. The highest BCUT2D eigenvalue weighted by Gasteiger charge is 2.31. The Balaban J connectivity index is 1.44. The molecule has 1 aliphatic carbocycles. The second-order valence-corrected chi connectivity index (χ2v) is 11.1. The third kappa shape index (κ3) is 3.28. The summed E-state index contributed by atoms with van der Waals surface area (Å²) in [4.78, 5) is 4.64. The number of pyridine rings is 1. The van der Waals surface area contributed by atoms with E-state index < -0.39 is 0 Å². The fourth-order valence-electron chi connectivity index (χ4n) is 7.11. The molecular formula is C41H25N. The number of fused-ring (bicyclic) bond motifs is 5. The van der Waals surface area contributed by atoms with Crippen molar-refractivity contribution in [3.8, 4) is 55.6 Å². The van der Waals surface area contributed by atoms with Gasteiger partial charge in [-0.25, -0.2) is 0 Å². The van der Waals surface area contributed by atoms with Gasteiger partial charge in [0, 0.05) is 17.8 Å². The first kappa shape index (κ1) is 23.2. The highest BCUT2D eigenvalue weighted by Crippen LogP contribution is 2.58. The van der Waals surface area contributed by atoms with Gasteiger partial charge in [0.05, 0.1) is 0 Å². The molecule has 0 radical (unpaired) electrons. The Morgan fingerprint density at radius 1 is 0.357 bits per heavy atom. The summed E-state index contributed by atoms with van der Waals surface area (Å²) in [5.74, 6) is 0. The molecule has 0 amide bonds. The largest absolute Gasteiger partial charge is 0.264 e. The van der Waals surface area contributed by atoms with Crippen LogP contribution in [0.15, 0.2) is 152 Å². The van der Waals surface area contributed by atoms with Crippen molar-refractivity contribution in [2.24, 2.45) is 0 Å². The van der Waals surface area contributed by atoms with Gasteiger partial charge in [0.1, 0.15) is 0 Å². The summed E-state index contributed by atoms with van der Waals surface area (Å²) in [5, 5.41) is 7.56. The smallest absolute Gasteiger partial charge is 0.0353 e. The van der Waals surface area contributed by atoms with E-state index in [0.29, 0.717) is 0 Å². The van der Waals surface area contributed by atoms with E-state index in [1.807, 2.05) is 12.4 Å². The van der Waals surface area contributed by atoms with Crippen molar-refractivity contribution >= 4 is 32.3 Å². The van der Waals surface area contributed by atoms with Crippen LogP contribution in [-0.2, 0) is 0 Å². The second-order valence-electron chi connectivity index (χ2n) is 11.1. The molecule has 0 atom stereocenters. The fraction of sp³-hybridized carbons (Fsp3) is 0. The molecular weight excluding hydrogens is 506 g/mol. The van der Waals surface area contributed by atoms with E-state index in [4.69, 9.17) is 0 Å². The Morgan fingerprint density at radius 3 is 1.76 bits per heavy atom. The molecule has 194 valence electrons. The van der Waals surface area contributed by atoms with Crippen molar-refractivity contribution in [2.45, 2.75) is 0 Å². The van der Waals surface area contributed by atoms with Gasteiger partial charge >= 0.3 is 0 Å². The van der Waals surface area contributed by atoms with Gasteiger partial charge in [-0.2, -0.15) is 0 Å². The molecule has 42 heavy (non-hydrogen) atoms. The lowest BCUT2D eigenvalue weighted by atomic mass is 9.83. The minimum Gasteiger partial charge on any atom is -0.264 e. The highest BCUT2D eigenvalue weighted by molar-refractivity contribution is 6.28. The molecule has 7 aromatic carbocycles. The van der Waals surface area contributed by atoms with E-state index in [9.17, 15) is 0 Å². The quantitative estimate of drug-likeness (QED) is 0.221. The van der Waals surface area contributed by atoms with E-state index in [0.717, 1.165) is 0 Å². The SMILES string of the molecule is c1ccc(-c2c3c(c(-c4ccccc4)c4cnccc24)-c2cccc4c(-c5ccc6ccccc6c5)ccc-3c24)cc1. The van der Waals surface area contributed by atoms with Crippen LogP contribution < -0.4 is 0 Å². The lowest BCUT2D eigenvalue weighted by molar-refractivity contribution is 1.36. The zero-order valence-corrected chi connectivity index (χ0v) is 22.9. The third-order valence-electron chi connectivity index (χ3n) is 8.87. The van der Waals surface area contributed by atoms with E-state index >= 15 is 0 Å². The van der Waals surface area contributed by atoms with Crippen LogP contribution in [0.1, 0.15) is 0 Å². The molecule has 0 saturated heterocycles. The summed E-state index contributed by atoms with van der Waals surface area (Å²) in [6.45, 7) is 0. The zero-order valence-electron chi connectivity index (χ0n) is 22.9. The summed E-state index contributed by atoms with van der Waals surface area (Å²) in [5.41, 5.74) is 12.7. The maximum absolute atomic E-state index is 4.64. The average Bonchev–Trinajstić information content (AvgIpc) is 3.39. The Labute approximate surface area is 244 Å². The van der Waals surface area contributed by atoms with Crippen LogP contribution in [0, 0.1) is 0 Å². The highest BCUT2D eigenvalue weighted by atomic mass is 14.6. The third-order valence-corrected chi connectivity index (χ3v) is 8.87. The maximum atomic E-state index is 4.64. The van der Waals surface area contributed by atoms with Crippen LogP contribution in [0.2, 0.25) is 0 Å². The fourth-order valence-corrected chi connectivity index (χ4v) is 7.11. The van der Waals surface area contributed by atoms with Gasteiger partial charge in [0.15, 0.2) is 0 Å². The minimum absolute atomic E-state index is 1.18. The standard InChI is InChI=1S/C41H25N/c1-3-11-27(12-4-1)37-33-22-23-42-25-36(33)38(28-13-5-2-6-14-28)40-34-17-9-16-32-31(20-21-35(39(32)34)41(37)40)30-19-18-26-10-7-8-15-29(26)24-30/h1-25H. The number of rotatable bonds is 3. The van der Waals surface area contributed by atoms with Crippen LogP contribution >= 0.6 is 0 Å². The van der Waals surface area contributed by atoms with Crippen LogP contribution in [-0.4, -0.2) is 4.98 Å². The molecule has 1 nitrogen and oxygen atoms in total. The van der Waals surface area contributed by atoms with Crippen molar-refractivity contribution in [2.75, 3.05) is 0 Å². The van der Waals surface area contributed by atoms with Crippen LogP contribution in [0.25, 0.3) is 88.0 Å². The number of nitrogens with zero attached hydrogens (tertiary/aromatic N) is 1. The van der Waals surface area contributed by atoms with Gasteiger partial charge in [-0.05, 0) is 94.7 Å². The molecule has 0 aliphatic heterocycles. The van der Waals surface area contributed by atoms with Crippen LogP contribution in [0.4, 0.5) is 0 Å². The lowest BCUT2D eigenvalue weighted by Gasteiger charge is -2.20. The molecule has 0 saturated carbocycles. The molecule has 0 fully saturated rings. The van der Waals surface area contributed by atoms with E-state index in [-0.39, 0.29) is 0 Å². The summed E-state index contributed by atoms with van der Waals surface area (Å²) >= 11 is 0. The van der Waals surface area contributed by atoms with E-state index in [1.54, 1.807) is 0 Å². The lowest BCUT2D eigenvalue weighted by Crippen LogP contribution is -1.94. The molecule has 0 unspecified atom stereocenters. The first-order chi connectivity index (χ1) is 20.9. The maximum Gasteiger partial charge on any atom is 0.0353 e. The van der Waals surface area contributed by atoms with Gasteiger partial charge in [-0.1, -0.05) is 127 Å². The molecule has 0 N–H and O–H groups in total. The number of aromatic nitrogens is 1. The molecule has 0 spiro atoms. The summed E-state index contributed by atoms with van der Waals surface area (Å²) < 4.78 is 0. The van der Waals surface area contributed by atoms with Gasteiger partial charge < -0.3 is 0 Å². The van der Waals surface area contributed by atoms with Gasteiger partial charge in [0.2, 0.25) is 0 Å². The molecule has 1 aromatic heterocycles. The Kier molecular flexibility index (Phi) is 4.97. The summed E-state index contributed by atoms with van der Waals surface area (Å²) in [6, 6.07) is 50.8. The summed E-state index contributed by atoms with van der Waals surface area (Å²) in [7, 11) is 0. The number of hydrogen-bond donors (Lipinski definition) is 0. The molecule has 9 rings (SSSR count). The molecule has 1 heterocycles. The monoisotopic (exact) mass is 531 g/mol. The van der Waals surface area contributed by atoms with Crippen molar-refractivity contribution in [1.29, 1.82) is 0 Å². The molecule has 1 aliphatic rings. The molecule has 8 aromatic rings.